The molecule has 0 saturated carbocycles. The van der Waals surface area contributed by atoms with Crippen LogP contribution in [-0.2, 0) is 0 Å². The van der Waals surface area contributed by atoms with Crippen LogP contribution < -0.4 is 0 Å². The minimum absolute atomic E-state index is 0.689. The van der Waals surface area contributed by atoms with Crippen molar-refractivity contribution in [2.75, 3.05) is 0 Å². The predicted octanol–water partition coefficient (Wildman–Crippen LogP) is 3.14. The molecule has 0 N–H and O–H groups in total. The van der Waals surface area contributed by atoms with Crippen LogP contribution >= 0.6 is 0 Å². The summed E-state index contributed by atoms with van der Waals surface area (Å²) in [6, 6.07) is -1.45. The van der Waals surface area contributed by atoms with Gasteiger partial charge in [0.15, 0.2) is 0 Å². The SMILES string of the molecule is [2H]C([2H])=C([2H])C([2H])([2H])C([2H])([2H])C([2H])([2H])C([2H])([2H])C([2H])([2H])C. The van der Waals surface area contributed by atoms with Crippen molar-refractivity contribution < 1.29 is 17.8 Å². The molecule has 0 atom stereocenters. The molecule has 0 aromatic rings. The molecule has 0 aliphatic rings. The van der Waals surface area contributed by atoms with Crippen molar-refractivity contribution in [2.24, 2.45) is 0 Å². The first-order valence-corrected chi connectivity index (χ1v) is 2.00. The predicted molar refractivity (Wildman–Crippen MR) is 39.0 cm³/mol. The Morgan fingerprint density at radius 2 is 2.62 bits per heavy atom. The normalized spacial score (nSPS) is 41.4. The minimum atomic E-state index is -3.70. The van der Waals surface area contributed by atoms with E-state index in [4.69, 9.17) is 17.8 Å². The van der Waals surface area contributed by atoms with Crippen molar-refractivity contribution in [1.82, 2.24) is 0 Å². The first-order chi connectivity index (χ1) is 8.85. The second-order valence-corrected chi connectivity index (χ2v) is 0.875. The van der Waals surface area contributed by atoms with Crippen LogP contribution in [0.25, 0.3) is 0 Å². The first-order valence-electron chi connectivity index (χ1n) is 8.50. The average molecular weight is 125 g/mol. The largest absolute Gasteiger partial charge is 0.103 e. The summed E-state index contributed by atoms with van der Waals surface area (Å²) in [5.41, 5.74) is 0. The van der Waals surface area contributed by atoms with Crippen LogP contribution in [0.1, 0.15) is 56.6 Å². The van der Waals surface area contributed by atoms with E-state index in [1.165, 1.54) is 0 Å². The highest BCUT2D eigenvalue weighted by Gasteiger charge is 1.81. The highest BCUT2D eigenvalue weighted by Crippen LogP contribution is 2.01. The molecule has 0 heterocycles. The van der Waals surface area contributed by atoms with Crippen LogP contribution in [0.3, 0.4) is 0 Å². The van der Waals surface area contributed by atoms with Gasteiger partial charge in [0.1, 0.15) is 0 Å². The lowest BCUT2D eigenvalue weighted by Crippen LogP contribution is -1.71. The van der Waals surface area contributed by atoms with Crippen LogP contribution in [0.15, 0.2) is 12.6 Å². The molecule has 0 heteroatoms. The molecule has 0 radical (unpaired) electrons. The molecular formula is C8H16. The van der Waals surface area contributed by atoms with Gasteiger partial charge >= 0.3 is 0 Å². The summed E-state index contributed by atoms with van der Waals surface area (Å²) in [7, 11) is 0. The molecular weight excluding hydrogens is 96.1 g/mol. The molecule has 0 aliphatic carbocycles. The van der Waals surface area contributed by atoms with Gasteiger partial charge in [-0.3, -0.25) is 0 Å². The Balaban J connectivity index is 6.20. The maximum atomic E-state index is 7.59. The standard InChI is InChI=1S/C8H16/c1-3-5-7-8-6-4-2/h3H,1,4-8H2,2H3/i1D2,3D,4D2,5D2,6D2,7D2,8D2. The fraction of sp³-hybridized carbons (Fsp3) is 0.750. The molecule has 0 spiro atoms. The fourth-order valence-corrected chi connectivity index (χ4v) is 0.156. The van der Waals surface area contributed by atoms with Crippen molar-refractivity contribution in [2.45, 2.75) is 38.8 Å². The van der Waals surface area contributed by atoms with E-state index in [-0.39, 0.29) is 0 Å². The Morgan fingerprint density at radius 1 is 1.75 bits per heavy atom. The second kappa shape index (κ2) is 6.74. The quantitative estimate of drug-likeness (QED) is 0.495. The molecule has 0 aromatic heterocycles. The third-order valence-corrected chi connectivity index (χ3v) is 0.375. The Morgan fingerprint density at radius 3 is 3.25 bits per heavy atom. The van der Waals surface area contributed by atoms with Crippen LogP contribution in [-0.4, -0.2) is 0 Å². The van der Waals surface area contributed by atoms with E-state index < -0.39 is 44.4 Å². The third kappa shape index (κ3) is 5.74. The second-order valence-electron chi connectivity index (χ2n) is 0.875. The molecule has 0 nitrogen and oxygen atoms in total. The zero-order chi connectivity index (χ0) is 17.7. The van der Waals surface area contributed by atoms with Gasteiger partial charge in [0.2, 0.25) is 0 Å². The molecule has 0 fully saturated rings. The van der Waals surface area contributed by atoms with Gasteiger partial charge in [-0.15, -0.1) is 6.53 Å². The van der Waals surface area contributed by atoms with Crippen molar-refractivity contribution in [3.8, 4) is 0 Å². The maximum Gasteiger partial charge on any atom is 0.0570 e. The van der Waals surface area contributed by atoms with E-state index >= 15 is 0 Å². The van der Waals surface area contributed by atoms with Crippen molar-refractivity contribution >= 4 is 0 Å². The van der Waals surface area contributed by atoms with E-state index in [0.29, 0.717) is 6.92 Å². The minimum Gasteiger partial charge on any atom is -0.103 e. The molecule has 0 bridgehead atoms. The van der Waals surface area contributed by atoms with E-state index in [9.17, 15) is 0 Å². The number of hydrogen-bond donors (Lipinski definition) is 0. The lowest BCUT2D eigenvalue weighted by molar-refractivity contribution is 0.675. The summed E-state index contributed by atoms with van der Waals surface area (Å²) < 4.78 is 95.9. The molecule has 48 valence electrons. The number of allylic oxidation sites excluding steroid dienone is 1. The molecule has 0 aromatic carbocycles. The summed E-state index contributed by atoms with van der Waals surface area (Å²) >= 11 is 0. The molecule has 0 rings (SSSR count). The summed E-state index contributed by atoms with van der Waals surface area (Å²) in [5, 5.41) is 0. The van der Waals surface area contributed by atoms with Gasteiger partial charge in [-0.25, -0.2) is 0 Å². The van der Waals surface area contributed by atoms with Gasteiger partial charge in [0.25, 0.3) is 0 Å². The molecule has 0 saturated heterocycles. The first kappa shape index (κ1) is 0.902. The Hall–Kier alpha value is -0.260. The van der Waals surface area contributed by atoms with E-state index in [0.717, 1.165) is 0 Å². The summed E-state index contributed by atoms with van der Waals surface area (Å²) in [4.78, 5) is 0. The number of rotatable bonds is 5. The lowest BCUT2D eigenvalue weighted by atomic mass is 10.2. The molecule has 8 heavy (non-hydrogen) atoms. The van der Waals surface area contributed by atoms with Crippen LogP contribution in [0.5, 0.6) is 0 Å². The summed E-state index contributed by atoms with van der Waals surface area (Å²) in [5.74, 6) is 0. The van der Waals surface area contributed by atoms with Gasteiger partial charge in [0.05, 0.1) is 4.11 Å². The maximum absolute atomic E-state index is 7.59. The van der Waals surface area contributed by atoms with E-state index in [1.807, 2.05) is 0 Å². The van der Waals surface area contributed by atoms with E-state index in [1.54, 1.807) is 0 Å². The van der Waals surface area contributed by atoms with Crippen LogP contribution in [0.2, 0.25) is 0 Å². The fourth-order valence-electron chi connectivity index (χ4n) is 0.156. The van der Waals surface area contributed by atoms with Gasteiger partial charge in [-0.1, -0.05) is 32.1 Å². The smallest absolute Gasteiger partial charge is 0.0570 e. The zero-order valence-electron chi connectivity index (χ0n) is 17.5. The van der Waals surface area contributed by atoms with Crippen molar-refractivity contribution in [1.29, 1.82) is 0 Å². The Labute approximate surface area is 70.9 Å². The highest BCUT2D eigenvalue weighted by atomic mass is 13.9. The number of hydrogen-bond acceptors (Lipinski definition) is 0. The van der Waals surface area contributed by atoms with Gasteiger partial charge in [0, 0.05) is 13.7 Å². The Kier molecular flexibility index (Phi) is 0.760. The van der Waals surface area contributed by atoms with Gasteiger partial charge in [-0.2, -0.15) is 0 Å². The topological polar surface area (TPSA) is 0 Å². The highest BCUT2D eigenvalue weighted by molar-refractivity contribution is 4.64. The van der Waals surface area contributed by atoms with Gasteiger partial charge < -0.3 is 0 Å². The zero-order valence-corrected chi connectivity index (χ0v) is 4.50. The van der Waals surface area contributed by atoms with Gasteiger partial charge in [-0.05, 0) is 12.7 Å². The van der Waals surface area contributed by atoms with E-state index in [2.05, 4.69) is 0 Å². The monoisotopic (exact) mass is 125 g/mol. The third-order valence-electron chi connectivity index (χ3n) is 0.375. The average Bonchev–Trinajstić information content (AvgIpc) is 2.25. The van der Waals surface area contributed by atoms with Crippen molar-refractivity contribution in [3.05, 3.63) is 12.6 Å². The molecule has 0 amide bonds. The molecule has 0 unspecified atom stereocenters. The van der Waals surface area contributed by atoms with Crippen molar-refractivity contribution in [3.63, 3.8) is 0 Å². The Bertz CT molecular complexity index is 422. The lowest BCUT2D eigenvalue weighted by Gasteiger charge is -1.91. The van der Waals surface area contributed by atoms with Crippen LogP contribution in [0, 0.1) is 0 Å². The summed E-state index contributed by atoms with van der Waals surface area (Å²) in [6.45, 7) is -0.686. The molecule has 0 aliphatic heterocycles. The van der Waals surface area contributed by atoms with Crippen LogP contribution in [0.4, 0.5) is 0 Å². The summed E-state index contributed by atoms with van der Waals surface area (Å²) in [6.07, 6.45) is -17.1.